The maximum absolute atomic E-state index is 12.5. The quantitative estimate of drug-likeness (QED) is 0.867. The summed E-state index contributed by atoms with van der Waals surface area (Å²) in [5, 5.41) is 9.14. The molecule has 94 valence electrons. The van der Waals surface area contributed by atoms with Gasteiger partial charge in [-0.2, -0.15) is 13.2 Å². The summed E-state index contributed by atoms with van der Waals surface area (Å²) in [5.74, 6) is 0.288. The molecule has 0 aromatic carbocycles. The monoisotopic (exact) mass is 246 g/mol. The van der Waals surface area contributed by atoms with Crippen molar-refractivity contribution in [3.63, 3.8) is 0 Å². The van der Waals surface area contributed by atoms with Gasteiger partial charge in [-0.1, -0.05) is 6.07 Å². The van der Waals surface area contributed by atoms with Gasteiger partial charge in [-0.25, -0.2) is 4.98 Å². The number of hydrogen-bond acceptors (Lipinski definition) is 3. The lowest BCUT2D eigenvalue weighted by molar-refractivity contribution is -0.141. The molecule has 0 saturated carbocycles. The average molecular weight is 246 g/mol. The van der Waals surface area contributed by atoms with Crippen molar-refractivity contribution in [2.75, 3.05) is 18.1 Å². The predicted octanol–water partition coefficient (Wildman–Crippen LogP) is 2.06. The lowest BCUT2D eigenvalue weighted by atomic mass is 10.2. The van der Waals surface area contributed by atoms with Crippen molar-refractivity contribution in [2.24, 2.45) is 0 Å². The van der Waals surface area contributed by atoms with Gasteiger partial charge in [0.2, 0.25) is 0 Å². The van der Waals surface area contributed by atoms with E-state index in [-0.39, 0.29) is 18.5 Å². The van der Waals surface area contributed by atoms with E-state index < -0.39 is 11.9 Å². The van der Waals surface area contributed by atoms with Crippen molar-refractivity contribution in [1.82, 2.24) is 4.98 Å². The molecule has 0 spiro atoms. The van der Waals surface area contributed by atoms with Crippen LogP contribution in [0.15, 0.2) is 18.2 Å². The van der Waals surface area contributed by atoms with Gasteiger partial charge in [0, 0.05) is 6.54 Å². The number of halogens is 3. The van der Waals surface area contributed by atoms with Crippen LogP contribution in [0, 0.1) is 0 Å². The number of hydrogen-bond donors (Lipinski definition) is 1. The Hall–Kier alpha value is -1.30. The zero-order valence-electron chi connectivity index (χ0n) is 9.11. The van der Waals surface area contributed by atoms with Crippen LogP contribution >= 0.6 is 0 Å². The second-order valence-electron chi connectivity index (χ2n) is 4.05. The maximum atomic E-state index is 12.5. The number of aliphatic hydroxyl groups excluding tert-OH is 1. The van der Waals surface area contributed by atoms with Crippen molar-refractivity contribution in [2.45, 2.75) is 25.1 Å². The second-order valence-corrected chi connectivity index (χ2v) is 4.05. The summed E-state index contributed by atoms with van der Waals surface area (Å²) in [6.07, 6.45) is -2.78. The minimum atomic E-state index is -4.43. The van der Waals surface area contributed by atoms with E-state index in [0.717, 1.165) is 18.9 Å². The van der Waals surface area contributed by atoms with E-state index in [1.165, 1.54) is 6.07 Å². The predicted molar refractivity (Wildman–Crippen MR) is 56.7 cm³/mol. The third-order valence-electron chi connectivity index (χ3n) is 2.91. The molecule has 0 aliphatic carbocycles. The van der Waals surface area contributed by atoms with Gasteiger partial charge in [-0.05, 0) is 25.0 Å². The van der Waals surface area contributed by atoms with Gasteiger partial charge in [-0.3, -0.25) is 0 Å². The number of alkyl halides is 3. The number of nitrogens with zero attached hydrogens (tertiary/aromatic N) is 2. The third kappa shape index (κ3) is 2.52. The van der Waals surface area contributed by atoms with Gasteiger partial charge >= 0.3 is 6.18 Å². The fraction of sp³-hybridized carbons (Fsp3) is 0.545. The SMILES string of the molecule is OC[C@H]1CCCN1c1cccc(C(F)(F)F)n1. The normalized spacial score (nSPS) is 20.9. The Morgan fingerprint density at radius 2 is 2.18 bits per heavy atom. The molecule has 3 nitrogen and oxygen atoms in total. The minimum absolute atomic E-state index is 0.0576. The molecular formula is C11H13F3N2O. The first-order valence-corrected chi connectivity index (χ1v) is 5.44. The summed E-state index contributed by atoms with van der Waals surface area (Å²) < 4.78 is 37.5. The van der Waals surface area contributed by atoms with Crippen molar-refractivity contribution in [3.05, 3.63) is 23.9 Å². The van der Waals surface area contributed by atoms with E-state index in [1.807, 2.05) is 0 Å². The largest absolute Gasteiger partial charge is 0.433 e. The first-order chi connectivity index (χ1) is 8.02. The summed E-state index contributed by atoms with van der Waals surface area (Å²) in [6, 6.07) is 3.72. The number of aliphatic hydroxyl groups is 1. The molecule has 1 saturated heterocycles. The Morgan fingerprint density at radius 3 is 2.82 bits per heavy atom. The minimum Gasteiger partial charge on any atom is -0.394 e. The first-order valence-electron chi connectivity index (χ1n) is 5.44. The molecule has 6 heteroatoms. The Morgan fingerprint density at radius 1 is 1.41 bits per heavy atom. The summed E-state index contributed by atoms with van der Waals surface area (Å²) in [5.41, 5.74) is -0.890. The zero-order chi connectivity index (χ0) is 12.5. The van der Waals surface area contributed by atoms with Crippen molar-refractivity contribution in [1.29, 1.82) is 0 Å². The van der Waals surface area contributed by atoms with E-state index in [1.54, 1.807) is 11.0 Å². The van der Waals surface area contributed by atoms with Gasteiger partial charge in [0.15, 0.2) is 0 Å². The van der Waals surface area contributed by atoms with E-state index in [9.17, 15) is 13.2 Å². The zero-order valence-corrected chi connectivity index (χ0v) is 9.11. The Balaban J connectivity index is 2.27. The highest BCUT2D eigenvalue weighted by atomic mass is 19.4. The summed E-state index contributed by atoms with van der Waals surface area (Å²) in [4.78, 5) is 5.35. The van der Waals surface area contributed by atoms with Gasteiger partial charge in [-0.15, -0.1) is 0 Å². The van der Waals surface area contributed by atoms with Crippen LogP contribution in [0.5, 0.6) is 0 Å². The Labute approximate surface area is 96.9 Å². The molecule has 0 bridgehead atoms. The summed E-state index contributed by atoms with van der Waals surface area (Å²) in [7, 11) is 0. The molecule has 1 fully saturated rings. The fourth-order valence-corrected chi connectivity index (χ4v) is 2.07. The molecule has 0 amide bonds. The Kier molecular flexibility index (Phi) is 3.24. The highest BCUT2D eigenvalue weighted by Gasteiger charge is 2.33. The maximum Gasteiger partial charge on any atom is 0.433 e. The molecule has 1 atom stereocenters. The van der Waals surface area contributed by atoms with Crippen molar-refractivity contribution < 1.29 is 18.3 Å². The molecule has 0 unspecified atom stereocenters. The lowest BCUT2D eigenvalue weighted by Crippen LogP contribution is -2.33. The van der Waals surface area contributed by atoms with Gasteiger partial charge in [0.1, 0.15) is 11.5 Å². The van der Waals surface area contributed by atoms with E-state index in [2.05, 4.69) is 4.98 Å². The van der Waals surface area contributed by atoms with E-state index >= 15 is 0 Å². The molecule has 1 aromatic heterocycles. The fourth-order valence-electron chi connectivity index (χ4n) is 2.07. The smallest absolute Gasteiger partial charge is 0.394 e. The number of pyridine rings is 1. The van der Waals surface area contributed by atoms with Crippen molar-refractivity contribution in [3.8, 4) is 0 Å². The van der Waals surface area contributed by atoms with Gasteiger partial charge in [0.05, 0.1) is 12.6 Å². The van der Waals surface area contributed by atoms with Crippen LogP contribution in [0.4, 0.5) is 19.0 Å². The molecule has 0 radical (unpaired) electrons. The van der Waals surface area contributed by atoms with Crippen LogP contribution < -0.4 is 4.90 Å². The van der Waals surface area contributed by atoms with Crippen LogP contribution in [0.3, 0.4) is 0 Å². The topological polar surface area (TPSA) is 36.4 Å². The van der Waals surface area contributed by atoms with Crippen LogP contribution in [0.25, 0.3) is 0 Å². The van der Waals surface area contributed by atoms with Crippen LogP contribution in [-0.2, 0) is 6.18 Å². The molecular weight excluding hydrogens is 233 g/mol. The first kappa shape index (κ1) is 12.2. The van der Waals surface area contributed by atoms with Gasteiger partial charge < -0.3 is 10.0 Å². The summed E-state index contributed by atoms with van der Waals surface area (Å²) >= 11 is 0. The lowest BCUT2D eigenvalue weighted by Gasteiger charge is -2.24. The van der Waals surface area contributed by atoms with Crippen molar-refractivity contribution >= 4 is 5.82 Å². The number of aromatic nitrogens is 1. The molecule has 1 N–H and O–H groups in total. The van der Waals surface area contributed by atoms with Crippen LogP contribution in [0.1, 0.15) is 18.5 Å². The van der Waals surface area contributed by atoms with Crippen LogP contribution in [0.2, 0.25) is 0 Å². The average Bonchev–Trinajstić information content (AvgIpc) is 2.76. The van der Waals surface area contributed by atoms with E-state index in [0.29, 0.717) is 6.54 Å². The standard InChI is InChI=1S/C11H13F3N2O/c12-11(13,14)9-4-1-5-10(15-9)16-6-2-3-8(16)7-17/h1,4-5,8,17H,2-3,6-7H2/t8-/m1/s1. The second kappa shape index (κ2) is 4.52. The number of anilines is 1. The van der Waals surface area contributed by atoms with Crippen LogP contribution in [-0.4, -0.2) is 29.3 Å². The molecule has 1 aliphatic rings. The van der Waals surface area contributed by atoms with E-state index in [4.69, 9.17) is 5.11 Å². The number of rotatable bonds is 2. The Bertz CT molecular complexity index is 395. The molecule has 1 aromatic rings. The highest BCUT2D eigenvalue weighted by molar-refractivity contribution is 5.42. The molecule has 2 rings (SSSR count). The molecule has 2 heterocycles. The summed E-state index contributed by atoms with van der Waals surface area (Å²) in [6.45, 7) is 0.581. The molecule has 1 aliphatic heterocycles. The molecule has 17 heavy (non-hydrogen) atoms. The van der Waals surface area contributed by atoms with Gasteiger partial charge in [0.25, 0.3) is 0 Å². The highest BCUT2D eigenvalue weighted by Crippen LogP contribution is 2.30. The third-order valence-corrected chi connectivity index (χ3v) is 2.91.